The van der Waals surface area contributed by atoms with E-state index in [0.717, 1.165) is 0 Å². The number of ether oxygens (including phenoxy) is 1. The zero-order valence-electron chi connectivity index (χ0n) is 7.14. The number of hydrazine groups is 1. The van der Waals surface area contributed by atoms with Crippen molar-refractivity contribution in [1.82, 2.24) is 10.9 Å². The number of nitrogens with one attached hydrogen (secondary N) is 2. The van der Waals surface area contributed by atoms with E-state index in [9.17, 15) is 9.59 Å². The molecule has 0 saturated carbocycles. The molecule has 5 heteroatoms. The van der Waals surface area contributed by atoms with E-state index in [2.05, 4.69) is 16.7 Å². The summed E-state index contributed by atoms with van der Waals surface area (Å²) in [6.45, 7) is 6.83. The summed E-state index contributed by atoms with van der Waals surface area (Å²) in [6, 6.07) is 0. The Morgan fingerprint density at radius 1 is 1.42 bits per heavy atom. The highest BCUT2D eigenvalue weighted by molar-refractivity contribution is 5.92. The van der Waals surface area contributed by atoms with Crippen LogP contribution in [0.25, 0.3) is 0 Å². The first-order valence-electron chi connectivity index (χ1n) is 3.46. The first kappa shape index (κ1) is 10.5. The van der Waals surface area contributed by atoms with Gasteiger partial charge in [-0.1, -0.05) is 6.58 Å². The molecule has 5 nitrogen and oxygen atoms in total. The van der Waals surface area contributed by atoms with Crippen molar-refractivity contribution in [3.8, 4) is 0 Å². The van der Waals surface area contributed by atoms with Crippen LogP contribution in [0.2, 0.25) is 0 Å². The number of carbonyl (C=O) groups excluding carboxylic acids is 2. The maximum Gasteiger partial charge on any atom is 0.426 e. The van der Waals surface area contributed by atoms with Gasteiger partial charge in [0.15, 0.2) is 0 Å². The van der Waals surface area contributed by atoms with Crippen molar-refractivity contribution in [2.45, 2.75) is 13.8 Å². The third-order valence-corrected chi connectivity index (χ3v) is 0.941. The Kier molecular flexibility index (Phi) is 4.52. The molecule has 0 aliphatic rings. The van der Waals surface area contributed by atoms with Gasteiger partial charge >= 0.3 is 6.09 Å². The molecule has 0 fully saturated rings. The minimum atomic E-state index is -0.688. The second-order valence-electron chi connectivity index (χ2n) is 2.08. The standard InChI is InChI=1S/C7H12N2O3/c1-4-12-7(11)9-8-6(10)5(2)3/h2,4H2,1,3H3,(H,8,10)(H,9,11). The predicted molar refractivity (Wildman–Crippen MR) is 43.1 cm³/mol. The molecular weight excluding hydrogens is 160 g/mol. The van der Waals surface area contributed by atoms with E-state index in [0.29, 0.717) is 5.57 Å². The predicted octanol–water partition coefficient (Wildman–Crippen LogP) is 0.340. The van der Waals surface area contributed by atoms with Crippen LogP contribution in [0.3, 0.4) is 0 Å². The van der Waals surface area contributed by atoms with Gasteiger partial charge in [-0.25, -0.2) is 10.2 Å². The number of hydrogen-bond donors (Lipinski definition) is 2. The average Bonchev–Trinajstić information content (AvgIpc) is 2.00. The lowest BCUT2D eigenvalue weighted by atomic mass is 10.3. The summed E-state index contributed by atoms with van der Waals surface area (Å²) in [7, 11) is 0. The van der Waals surface area contributed by atoms with Crippen LogP contribution in [0.4, 0.5) is 4.79 Å². The number of hydrogen-bond acceptors (Lipinski definition) is 3. The molecule has 0 radical (unpaired) electrons. The number of amides is 2. The molecule has 12 heavy (non-hydrogen) atoms. The minimum Gasteiger partial charge on any atom is -0.449 e. The van der Waals surface area contributed by atoms with Crippen molar-refractivity contribution in [2.24, 2.45) is 0 Å². The Bertz CT molecular complexity index is 201. The van der Waals surface area contributed by atoms with E-state index in [1.807, 2.05) is 5.43 Å². The third kappa shape index (κ3) is 4.32. The quantitative estimate of drug-likeness (QED) is 0.466. The molecule has 0 heterocycles. The molecule has 0 aliphatic heterocycles. The summed E-state index contributed by atoms with van der Waals surface area (Å²) in [5, 5.41) is 0. The molecule has 2 N–H and O–H groups in total. The fourth-order valence-corrected chi connectivity index (χ4v) is 0.382. The highest BCUT2D eigenvalue weighted by atomic mass is 16.5. The molecule has 0 unspecified atom stereocenters. The number of carbonyl (C=O) groups is 2. The summed E-state index contributed by atoms with van der Waals surface area (Å²) in [6.07, 6.45) is -0.688. The molecule has 0 rings (SSSR count). The Morgan fingerprint density at radius 2 is 2.00 bits per heavy atom. The molecule has 0 atom stereocenters. The van der Waals surface area contributed by atoms with Crippen LogP contribution in [-0.2, 0) is 9.53 Å². The van der Waals surface area contributed by atoms with Crippen LogP contribution in [0.15, 0.2) is 12.2 Å². The Hall–Kier alpha value is -1.52. The van der Waals surface area contributed by atoms with Gasteiger partial charge in [0.25, 0.3) is 5.91 Å². The van der Waals surface area contributed by atoms with Crippen LogP contribution in [0.5, 0.6) is 0 Å². The summed E-state index contributed by atoms with van der Waals surface area (Å²) < 4.78 is 4.48. The van der Waals surface area contributed by atoms with E-state index < -0.39 is 12.0 Å². The lowest BCUT2D eigenvalue weighted by molar-refractivity contribution is -0.118. The molecule has 0 bridgehead atoms. The van der Waals surface area contributed by atoms with Crippen molar-refractivity contribution in [1.29, 1.82) is 0 Å². The minimum absolute atomic E-state index is 0.259. The zero-order valence-corrected chi connectivity index (χ0v) is 7.14. The van der Waals surface area contributed by atoms with Crippen LogP contribution < -0.4 is 10.9 Å². The van der Waals surface area contributed by atoms with Gasteiger partial charge in [-0.2, -0.15) is 0 Å². The molecule has 2 amide bonds. The van der Waals surface area contributed by atoms with Gasteiger partial charge in [-0.15, -0.1) is 0 Å². The fourth-order valence-electron chi connectivity index (χ4n) is 0.382. The molecule has 0 saturated heterocycles. The molecular formula is C7H12N2O3. The van der Waals surface area contributed by atoms with E-state index in [1.165, 1.54) is 6.92 Å². The van der Waals surface area contributed by atoms with Gasteiger partial charge in [0.2, 0.25) is 0 Å². The molecule has 0 aliphatic carbocycles. The average molecular weight is 172 g/mol. The van der Waals surface area contributed by atoms with E-state index in [1.54, 1.807) is 6.92 Å². The summed E-state index contributed by atoms with van der Waals surface area (Å²) in [4.78, 5) is 21.4. The molecule has 0 spiro atoms. The zero-order chi connectivity index (χ0) is 9.56. The van der Waals surface area contributed by atoms with Gasteiger partial charge < -0.3 is 4.74 Å². The van der Waals surface area contributed by atoms with Crippen molar-refractivity contribution >= 4 is 12.0 Å². The van der Waals surface area contributed by atoms with Gasteiger partial charge in [0, 0.05) is 5.57 Å². The molecule has 0 aromatic carbocycles. The lowest BCUT2D eigenvalue weighted by Gasteiger charge is -2.05. The molecule has 0 aromatic heterocycles. The monoisotopic (exact) mass is 172 g/mol. The largest absolute Gasteiger partial charge is 0.449 e. The first-order chi connectivity index (χ1) is 5.57. The second-order valence-corrected chi connectivity index (χ2v) is 2.08. The second kappa shape index (κ2) is 5.17. The highest BCUT2D eigenvalue weighted by Gasteiger charge is 2.03. The number of rotatable bonds is 2. The van der Waals surface area contributed by atoms with Crippen LogP contribution in [0.1, 0.15) is 13.8 Å². The van der Waals surface area contributed by atoms with Gasteiger partial charge in [-0.3, -0.25) is 10.2 Å². The van der Waals surface area contributed by atoms with Gasteiger partial charge in [0.1, 0.15) is 0 Å². The van der Waals surface area contributed by atoms with Crippen LogP contribution in [0, 0.1) is 0 Å². The van der Waals surface area contributed by atoms with Gasteiger partial charge in [0.05, 0.1) is 6.61 Å². The van der Waals surface area contributed by atoms with Crippen molar-refractivity contribution in [3.63, 3.8) is 0 Å². The SMILES string of the molecule is C=C(C)C(=O)NNC(=O)OCC. The lowest BCUT2D eigenvalue weighted by Crippen LogP contribution is -2.42. The van der Waals surface area contributed by atoms with E-state index in [4.69, 9.17) is 0 Å². The Labute approximate surface area is 70.7 Å². The summed E-state index contributed by atoms with van der Waals surface area (Å²) in [5.74, 6) is -0.442. The molecule has 68 valence electrons. The first-order valence-corrected chi connectivity index (χ1v) is 3.46. The Morgan fingerprint density at radius 3 is 2.42 bits per heavy atom. The molecule has 0 aromatic rings. The van der Waals surface area contributed by atoms with Crippen molar-refractivity contribution < 1.29 is 14.3 Å². The van der Waals surface area contributed by atoms with E-state index >= 15 is 0 Å². The topological polar surface area (TPSA) is 67.4 Å². The van der Waals surface area contributed by atoms with Gasteiger partial charge in [-0.05, 0) is 13.8 Å². The smallest absolute Gasteiger partial charge is 0.426 e. The fraction of sp³-hybridized carbons (Fsp3) is 0.429. The summed E-state index contributed by atoms with van der Waals surface area (Å²) in [5.41, 5.74) is 4.46. The van der Waals surface area contributed by atoms with Crippen LogP contribution in [-0.4, -0.2) is 18.6 Å². The van der Waals surface area contributed by atoms with Crippen molar-refractivity contribution in [3.05, 3.63) is 12.2 Å². The van der Waals surface area contributed by atoms with E-state index in [-0.39, 0.29) is 6.61 Å². The maximum atomic E-state index is 10.8. The third-order valence-electron chi connectivity index (χ3n) is 0.941. The van der Waals surface area contributed by atoms with Crippen LogP contribution >= 0.6 is 0 Å². The summed E-state index contributed by atoms with van der Waals surface area (Å²) >= 11 is 0. The normalized spacial score (nSPS) is 8.50. The van der Waals surface area contributed by atoms with Crippen molar-refractivity contribution in [2.75, 3.05) is 6.61 Å². The maximum absolute atomic E-state index is 10.8. The Balaban J connectivity index is 3.61. The highest BCUT2D eigenvalue weighted by Crippen LogP contribution is 1.83.